The molecule has 5 heteroatoms. The van der Waals surface area contributed by atoms with E-state index in [1.807, 2.05) is 42.5 Å². The third-order valence-electron chi connectivity index (χ3n) is 4.42. The van der Waals surface area contributed by atoms with Gasteiger partial charge in [0, 0.05) is 4.88 Å². The van der Waals surface area contributed by atoms with Crippen molar-refractivity contribution >= 4 is 34.2 Å². The Kier molecular flexibility index (Phi) is 4.24. The van der Waals surface area contributed by atoms with Gasteiger partial charge in [-0.15, -0.1) is 11.3 Å². The highest BCUT2D eigenvalue weighted by atomic mass is 32.1. The minimum Gasteiger partial charge on any atom is -0.497 e. The fraction of sp³-hybridized carbons (Fsp3) is 0.200. The van der Waals surface area contributed by atoms with Gasteiger partial charge in [-0.05, 0) is 65.4 Å². The molecule has 0 saturated carbocycles. The summed E-state index contributed by atoms with van der Waals surface area (Å²) in [7, 11) is 1.66. The van der Waals surface area contributed by atoms with Crippen LogP contribution in [0.4, 0.5) is 0 Å². The fourth-order valence-electron chi connectivity index (χ4n) is 3.11. The predicted octanol–water partition coefficient (Wildman–Crippen LogP) is 4.16. The molecular weight excluding hydrogens is 332 g/mol. The number of rotatable bonds is 4. The summed E-state index contributed by atoms with van der Waals surface area (Å²) >= 11 is 1.58. The standard InChI is InChI=1S/C20H18N2O2S/c1-24-17-8-7-14-9-13(5-6-15(14)10-17)12-21-22-20(23)19-11-16-3-2-4-18(16)25-19/h5-12H,2-4H2,1H3,(H,22,23)/b21-12-. The van der Waals surface area contributed by atoms with Crippen molar-refractivity contribution in [2.45, 2.75) is 19.3 Å². The van der Waals surface area contributed by atoms with Gasteiger partial charge in [0.05, 0.1) is 18.2 Å². The first-order chi connectivity index (χ1) is 12.2. The Labute approximate surface area is 150 Å². The Morgan fingerprint density at radius 3 is 2.84 bits per heavy atom. The Bertz CT molecular complexity index is 953. The number of aryl methyl sites for hydroxylation is 2. The van der Waals surface area contributed by atoms with E-state index in [1.54, 1.807) is 24.7 Å². The van der Waals surface area contributed by atoms with Crippen molar-refractivity contribution in [1.29, 1.82) is 0 Å². The summed E-state index contributed by atoms with van der Waals surface area (Å²) in [6.45, 7) is 0. The van der Waals surface area contributed by atoms with E-state index in [2.05, 4.69) is 10.5 Å². The average molecular weight is 350 g/mol. The Morgan fingerprint density at radius 2 is 2.00 bits per heavy atom. The largest absolute Gasteiger partial charge is 0.497 e. The van der Waals surface area contributed by atoms with Crippen molar-refractivity contribution in [2.75, 3.05) is 7.11 Å². The molecule has 1 aromatic heterocycles. The third-order valence-corrected chi connectivity index (χ3v) is 5.66. The van der Waals surface area contributed by atoms with E-state index in [-0.39, 0.29) is 5.91 Å². The highest BCUT2D eigenvalue weighted by molar-refractivity contribution is 7.14. The number of hydrazone groups is 1. The van der Waals surface area contributed by atoms with Gasteiger partial charge in [0.2, 0.25) is 0 Å². The molecule has 1 aliphatic rings. The van der Waals surface area contributed by atoms with Crippen LogP contribution in [0, 0.1) is 0 Å². The number of nitrogens with one attached hydrogen (secondary N) is 1. The first-order valence-electron chi connectivity index (χ1n) is 8.26. The van der Waals surface area contributed by atoms with Crippen molar-refractivity contribution in [2.24, 2.45) is 5.10 Å². The zero-order chi connectivity index (χ0) is 17.2. The molecule has 0 fully saturated rings. The number of nitrogens with zero attached hydrogens (tertiary/aromatic N) is 1. The van der Waals surface area contributed by atoms with Crippen LogP contribution in [0.15, 0.2) is 47.6 Å². The molecule has 0 atom stereocenters. The highest BCUT2D eigenvalue weighted by Crippen LogP contribution is 2.30. The molecule has 1 N–H and O–H groups in total. The summed E-state index contributed by atoms with van der Waals surface area (Å²) in [5.41, 5.74) is 4.88. The molecule has 0 spiro atoms. The van der Waals surface area contributed by atoms with Crippen molar-refractivity contribution < 1.29 is 9.53 Å². The number of hydrogen-bond donors (Lipinski definition) is 1. The summed E-state index contributed by atoms with van der Waals surface area (Å²) in [6.07, 6.45) is 5.06. The minimum absolute atomic E-state index is 0.138. The quantitative estimate of drug-likeness (QED) is 0.567. The number of carbonyl (C=O) groups excluding carboxylic acids is 1. The summed E-state index contributed by atoms with van der Waals surface area (Å²) in [5, 5.41) is 6.31. The van der Waals surface area contributed by atoms with Crippen molar-refractivity contribution in [1.82, 2.24) is 5.43 Å². The topological polar surface area (TPSA) is 50.7 Å². The molecule has 126 valence electrons. The molecule has 0 radical (unpaired) electrons. The normalized spacial score (nSPS) is 13.3. The molecule has 0 unspecified atom stereocenters. The Balaban J connectivity index is 1.45. The lowest BCUT2D eigenvalue weighted by molar-refractivity contribution is 0.0959. The maximum absolute atomic E-state index is 12.2. The van der Waals surface area contributed by atoms with Crippen LogP contribution in [-0.2, 0) is 12.8 Å². The van der Waals surface area contributed by atoms with E-state index in [0.717, 1.165) is 39.8 Å². The third kappa shape index (κ3) is 3.28. The maximum Gasteiger partial charge on any atom is 0.281 e. The number of benzene rings is 2. The van der Waals surface area contributed by atoms with Crippen LogP contribution >= 0.6 is 11.3 Å². The van der Waals surface area contributed by atoms with Crippen molar-refractivity contribution in [3.8, 4) is 5.75 Å². The number of fused-ring (bicyclic) bond motifs is 2. The van der Waals surface area contributed by atoms with E-state index in [0.29, 0.717) is 0 Å². The molecule has 0 aliphatic heterocycles. The minimum atomic E-state index is -0.138. The fourth-order valence-corrected chi connectivity index (χ4v) is 4.25. The van der Waals surface area contributed by atoms with E-state index in [1.165, 1.54) is 16.9 Å². The SMILES string of the molecule is COc1ccc2cc(/C=N\NC(=O)c3cc4c(s3)CCC4)ccc2c1. The first-order valence-corrected chi connectivity index (χ1v) is 9.07. The average Bonchev–Trinajstić information content (AvgIpc) is 3.23. The first kappa shape index (κ1) is 15.8. The van der Waals surface area contributed by atoms with Gasteiger partial charge in [-0.1, -0.05) is 18.2 Å². The Hall–Kier alpha value is -2.66. The van der Waals surface area contributed by atoms with E-state index >= 15 is 0 Å². The van der Waals surface area contributed by atoms with Crippen LogP contribution < -0.4 is 10.2 Å². The molecule has 0 bridgehead atoms. The zero-order valence-corrected chi connectivity index (χ0v) is 14.7. The Morgan fingerprint density at radius 1 is 1.16 bits per heavy atom. The van der Waals surface area contributed by atoms with E-state index in [4.69, 9.17) is 4.74 Å². The maximum atomic E-state index is 12.2. The van der Waals surface area contributed by atoms with Crippen LogP contribution in [-0.4, -0.2) is 19.2 Å². The predicted molar refractivity (Wildman–Crippen MR) is 102 cm³/mol. The lowest BCUT2D eigenvalue weighted by Gasteiger charge is -2.03. The summed E-state index contributed by atoms with van der Waals surface area (Å²) in [6, 6.07) is 14.0. The van der Waals surface area contributed by atoms with Gasteiger partial charge in [-0.25, -0.2) is 5.43 Å². The monoisotopic (exact) mass is 350 g/mol. The van der Waals surface area contributed by atoms with Gasteiger partial charge >= 0.3 is 0 Å². The molecule has 25 heavy (non-hydrogen) atoms. The summed E-state index contributed by atoms with van der Waals surface area (Å²) in [5.74, 6) is 0.699. The van der Waals surface area contributed by atoms with E-state index in [9.17, 15) is 4.79 Å². The molecule has 2 aromatic carbocycles. The van der Waals surface area contributed by atoms with Gasteiger partial charge in [0.25, 0.3) is 5.91 Å². The van der Waals surface area contributed by atoms with Gasteiger partial charge in [-0.2, -0.15) is 5.10 Å². The summed E-state index contributed by atoms with van der Waals surface area (Å²) in [4.78, 5) is 14.3. The van der Waals surface area contributed by atoms with Crippen LogP contribution in [0.1, 0.15) is 32.1 Å². The lowest BCUT2D eigenvalue weighted by atomic mass is 10.1. The van der Waals surface area contributed by atoms with Crippen LogP contribution in [0.2, 0.25) is 0 Å². The number of methoxy groups -OCH3 is 1. The van der Waals surface area contributed by atoms with Gasteiger partial charge in [-0.3, -0.25) is 4.79 Å². The van der Waals surface area contributed by atoms with Crippen LogP contribution in [0.25, 0.3) is 10.8 Å². The van der Waals surface area contributed by atoms with Crippen LogP contribution in [0.3, 0.4) is 0 Å². The van der Waals surface area contributed by atoms with E-state index < -0.39 is 0 Å². The van der Waals surface area contributed by atoms with Crippen LogP contribution in [0.5, 0.6) is 5.75 Å². The van der Waals surface area contributed by atoms with Crippen molar-refractivity contribution in [3.05, 3.63) is 63.3 Å². The number of amides is 1. The van der Waals surface area contributed by atoms with Crippen molar-refractivity contribution in [3.63, 3.8) is 0 Å². The van der Waals surface area contributed by atoms with Gasteiger partial charge in [0.1, 0.15) is 5.75 Å². The number of carbonyl (C=O) groups is 1. The molecule has 4 rings (SSSR count). The second-order valence-corrected chi connectivity index (χ2v) is 7.22. The molecule has 1 amide bonds. The zero-order valence-electron chi connectivity index (χ0n) is 13.9. The number of thiophene rings is 1. The summed E-state index contributed by atoms with van der Waals surface area (Å²) < 4.78 is 5.24. The number of ether oxygens (including phenoxy) is 1. The highest BCUT2D eigenvalue weighted by Gasteiger charge is 2.18. The second kappa shape index (κ2) is 6.69. The molecular formula is C20H18N2O2S. The molecule has 0 saturated heterocycles. The molecule has 4 nitrogen and oxygen atoms in total. The molecule has 3 aromatic rings. The number of hydrogen-bond acceptors (Lipinski definition) is 4. The smallest absolute Gasteiger partial charge is 0.281 e. The second-order valence-electron chi connectivity index (χ2n) is 6.08. The lowest BCUT2D eigenvalue weighted by Crippen LogP contribution is -2.16. The van der Waals surface area contributed by atoms with Gasteiger partial charge in [0.15, 0.2) is 0 Å². The molecule has 1 heterocycles. The molecule has 1 aliphatic carbocycles. The van der Waals surface area contributed by atoms with Gasteiger partial charge < -0.3 is 4.74 Å².